The van der Waals surface area contributed by atoms with Gasteiger partial charge in [-0.15, -0.1) is 0 Å². The number of hydrogen-bond acceptors (Lipinski definition) is 3. The number of aliphatic carboxylic acids is 1. The second kappa shape index (κ2) is 6.47. The predicted octanol–water partition coefficient (Wildman–Crippen LogP) is 2.35. The van der Waals surface area contributed by atoms with Gasteiger partial charge in [0, 0.05) is 24.5 Å². The van der Waals surface area contributed by atoms with Gasteiger partial charge >= 0.3 is 5.97 Å². The zero-order valence-electron chi connectivity index (χ0n) is 10.7. The Morgan fingerprint density at radius 2 is 2.05 bits per heavy atom. The summed E-state index contributed by atoms with van der Waals surface area (Å²) in [5.74, 6) is -1.08. The van der Waals surface area contributed by atoms with Gasteiger partial charge in [-0.2, -0.15) is 0 Å². The number of carboxylic acid groups (broad SMARTS) is 1. The molecule has 0 fully saturated rings. The average Bonchev–Trinajstić information content (AvgIpc) is 2.46. The molecule has 1 heterocycles. The molecule has 20 heavy (non-hydrogen) atoms. The van der Waals surface area contributed by atoms with E-state index in [0.29, 0.717) is 17.7 Å². The molecule has 1 amide bonds. The van der Waals surface area contributed by atoms with E-state index < -0.39 is 5.97 Å². The highest BCUT2D eigenvalue weighted by molar-refractivity contribution is 6.04. The van der Waals surface area contributed by atoms with Gasteiger partial charge in [-0.25, -0.2) is 0 Å². The van der Waals surface area contributed by atoms with Crippen molar-refractivity contribution in [1.82, 2.24) is 4.98 Å². The van der Waals surface area contributed by atoms with Crippen molar-refractivity contribution < 1.29 is 14.7 Å². The largest absolute Gasteiger partial charge is 0.481 e. The van der Waals surface area contributed by atoms with Gasteiger partial charge in [0.25, 0.3) is 5.91 Å². The fraction of sp³-hybridized carbons (Fsp3) is 0.133. The van der Waals surface area contributed by atoms with Gasteiger partial charge in [-0.05, 0) is 36.2 Å². The third kappa shape index (κ3) is 3.91. The smallest absolute Gasteiger partial charge is 0.303 e. The lowest BCUT2D eigenvalue weighted by Gasteiger charge is -2.07. The molecule has 2 rings (SSSR count). The van der Waals surface area contributed by atoms with Crippen LogP contribution in [0.5, 0.6) is 0 Å². The van der Waals surface area contributed by atoms with Crippen molar-refractivity contribution in [1.29, 1.82) is 0 Å². The van der Waals surface area contributed by atoms with E-state index in [2.05, 4.69) is 10.3 Å². The summed E-state index contributed by atoms with van der Waals surface area (Å²) in [6.45, 7) is 0. The van der Waals surface area contributed by atoms with Crippen LogP contribution in [0.4, 0.5) is 5.69 Å². The molecule has 0 spiro atoms. The SMILES string of the molecule is O=C(O)CCc1cccc(NC(=O)c2cccnc2)c1. The van der Waals surface area contributed by atoms with Crippen LogP contribution in [0, 0.1) is 0 Å². The third-order valence-electron chi connectivity index (χ3n) is 2.74. The Labute approximate surface area is 116 Å². The van der Waals surface area contributed by atoms with E-state index in [1.165, 1.54) is 6.20 Å². The van der Waals surface area contributed by atoms with Gasteiger partial charge in [0.05, 0.1) is 5.56 Å². The summed E-state index contributed by atoms with van der Waals surface area (Å²) >= 11 is 0. The average molecular weight is 270 g/mol. The maximum absolute atomic E-state index is 11.9. The topological polar surface area (TPSA) is 79.3 Å². The van der Waals surface area contributed by atoms with Gasteiger partial charge in [-0.1, -0.05) is 12.1 Å². The lowest BCUT2D eigenvalue weighted by atomic mass is 10.1. The van der Waals surface area contributed by atoms with E-state index >= 15 is 0 Å². The minimum atomic E-state index is -0.838. The molecule has 102 valence electrons. The van der Waals surface area contributed by atoms with E-state index in [1.807, 2.05) is 6.07 Å². The van der Waals surface area contributed by atoms with Gasteiger partial charge in [0.1, 0.15) is 0 Å². The zero-order chi connectivity index (χ0) is 14.4. The second-order valence-electron chi connectivity index (χ2n) is 4.29. The Kier molecular flexibility index (Phi) is 4.44. The molecule has 2 aromatic rings. The number of aromatic nitrogens is 1. The van der Waals surface area contributed by atoms with Crippen LogP contribution in [-0.4, -0.2) is 22.0 Å². The number of anilines is 1. The fourth-order valence-electron chi connectivity index (χ4n) is 1.76. The van der Waals surface area contributed by atoms with Crippen LogP contribution in [0.2, 0.25) is 0 Å². The number of nitrogens with one attached hydrogen (secondary N) is 1. The van der Waals surface area contributed by atoms with Crippen LogP contribution in [0.3, 0.4) is 0 Å². The normalized spacial score (nSPS) is 10.0. The number of carbonyl (C=O) groups excluding carboxylic acids is 1. The highest BCUT2D eigenvalue weighted by Gasteiger charge is 2.06. The first-order valence-corrected chi connectivity index (χ1v) is 6.17. The van der Waals surface area contributed by atoms with Crippen molar-refractivity contribution in [3.8, 4) is 0 Å². The second-order valence-corrected chi connectivity index (χ2v) is 4.29. The Hall–Kier alpha value is -2.69. The lowest BCUT2D eigenvalue weighted by Crippen LogP contribution is -2.12. The standard InChI is InChI=1S/C15H14N2O3/c18-14(19)7-6-11-3-1-5-13(9-11)17-15(20)12-4-2-8-16-10-12/h1-5,8-10H,6-7H2,(H,17,20)(H,18,19). The van der Waals surface area contributed by atoms with E-state index in [-0.39, 0.29) is 12.3 Å². The Morgan fingerprint density at radius 1 is 1.20 bits per heavy atom. The van der Waals surface area contributed by atoms with Crippen molar-refractivity contribution >= 4 is 17.6 Å². The van der Waals surface area contributed by atoms with Crippen LogP contribution in [0.15, 0.2) is 48.8 Å². The lowest BCUT2D eigenvalue weighted by molar-refractivity contribution is -0.136. The molecular weight excluding hydrogens is 256 g/mol. The number of amides is 1. The van der Waals surface area contributed by atoms with Crippen LogP contribution in [0.1, 0.15) is 22.3 Å². The van der Waals surface area contributed by atoms with Crippen LogP contribution in [-0.2, 0) is 11.2 Å². The Balaban J connectivity index is 2.04. The van der Waals surface area contributed by atoms with Crippen molar-refractivity contribution in [2.45, 2.75) is 12.8 Å². The molecule has 1 aromatic carbocycles. The molecule has 0 atom stereocenters. The van der Waals surface area contributed by atoms with Gasteiger partial charge in [0.2, 0.25) is 0 Å². The summed E-state index contributed by atoms with van der Waals surface area (Å²) in [5, 5.41) is 11.4. The monoisotopic (exact) mass is 270 g/mol. The van der Waals surface area contributed by atoms with Crippen LogP contribution in [0.25, 0.3) is 0 Å². The maximum Gasteiger partial charge on any atom is 0.303 e. The molecular formula is C15H14N2O3. The Bertz CT molecular complexity index is 612. The third-order valence-corrected chi connectivity index (χ3v) is 2.74. The molecule has 1 aromatic heterocycles. The zero-order valence-corrected chi connectivity index (χ0v) is 10.7. The highest BCUT2D eigenvalue weighted by Crippen LogP contribution is 2.13. The fourth-order valence-corrected chi connectivity index (χ4v) is 1.76. The highest BCUT2D eigenvalue weighted by atomic mass is 16.4. The first-order chi connectivity index (χ1) is 9.65. The number of rotatable bonds is 5. The summed E-state index contributed by atoms with van der Waals surface area (Å²) < 4.78 is 0. The van der Waals surface area contributed by atoms with Crippen molar-refractivity contribution in [3.05, 3.63) is 59.9 Å². The first kappa shape index (κ1) is 13.7. The van der Waals surface area contributed by atoms with Crippen molar-refractivity contribution in [3.63, 3.8) is 0 Å². The number of nitrogens with zero attached hydrogens (tertiary/aromatic N) is 1. The summed E-state index contributed by atoms with van der Waals surface area (Å²) in [7, 11) is 0. The minimum absolute atomic E-state index is 0.0694. The maximum atomic E-state index is 11.9. The van der Waals surface area contributed by atoms with Crippen molar-refractivity contribution in [2.24, 2.45) is 0 Å². The van der Waals surface area contributed by atoms with E-state index in [9.17, 15) is 9.59 Å². The molecule has 0 unspecified atom stereocenters. The van der Waals surface area contributed by atoms with Gasteiger partial charge in [-0.3, -0.25) is 14.6 Å². The number of pyridine rings is 1. The quantitative estimate of drug-likeness (QED) is 0.874. The molecule has 5 nitrogen and oxygen atoms in total. The molecule has 0 radical (unpaired) electrons. The minimum Gasteiger partial charge on any atom is -0.481 e. The van der Waals surface area contributed by atoms with E-state index in [1.54, 1.807) is 36.5 Å². The van der Waals surface area contributed by atoms with Gasteiger partial charge in [0.15, 0.2) is 0 Å². The number of carbonyl (C=O) groups is 2. The van der Waals surface area contributed by atoms with Gasteiger partial charge < -0.3 is 10.4 Å². The van der Waals surface area contributed by atoms with Crippen molar-refractivity contribution in [2.75, 3.05) is 5.32 Å². The summed E-state index contributed by atoms with van der Waals surface area (Å²) in [4.78, 5) is 26.4. The predicted molar refractivity (Wildman–Crippen MR) is 74.6 cm³/mol. The molecule has 0 saturated heterocycles. The summed E-state index contributed by atoms with van der Waals surface area (Å²) in [6.07, 6.45) is 3.60. The number of carboxylic acids is 1. The molecule has 0 aliphatic carbocycles. The molecule has 0 aliphatic heterocycles. The van der Waals surface area contributed by atoms with E-state index in [4.69, 9.17) is 5.11 Å². The van der Waals surface area contributed by atoms with Crippen LogP contribution >= 0.6 is 0 Å². The summed E-state index contributed by atoms with van der Waals surface area (Å²) in [5.41, 5.74) is 1.99. The first-order valence-electron chi connectivity index (χ1n) is 6.17. The number of hydrogen-bond donors (Lipinski definition) is 2. The number of aryl methyl sites for hydroxylation is 1. The Morgan fingerprint density at radius 3 is 2.75 bits per heavy atom. The summed E-state index contributed by atoms with van der Waals surface area (Å²) in [6, 6.07) is 10.5. The molecule has 0 bridgehead atoms. The molecule has 2 N–H and O–H groups in total. The molecule has 5 heteroatoms. The molecule has 0 aliphatic rings. The van der Waals surface area contributed by atoms with E-state index in [0.717, 1.165) is 5.56 Å². The molecule has 0 saturated carbocycles. The number of benzene rings is 1. The van der Waals surface area contributed by atoms with Crippen LogP contribution < -0.4 is 5.32 Å².